The van der Waals surface area contributed by atoms with Crippen molar-refractivity contribution in [2.24, 2.45) is 0 Å². The Morgan fingerprint density at radius 2 is 0.956 bits per heavy atom. The molecule has 0 radical (unpaired) electrons. The molecule has 0 saturated heterocycles. The highest BCUT2D eigenvalue weighted by atomic mass is 16.3. The van der Waals surface area contributed by atoms with Gasteiger partial charge in [0.1, 0.15) is 16.9 Å². The first-order valence-electron chi connectivity index (χ1n) is 14.9. The molecule has 45 heavy (non-hydrogen) atoms. The van der Waals surface area contributed by atoms with E-state index < -0.39 is 0 Å². The van der Waals surface area contributed by atoms with Gasteiger partial charge in [-0.15, -0.1) is 0 Å². The Balaban J connectivity index is 1.33. The maximum atomic E-state index is 6.43. The lowest BCUT2D eigenvalue weighted by atomic mass is 10.0. The smallest absolute Gasteiger partial charge is 0.183 e. The second-order valence-corrected chi connectivity index (χ2v) is 11.1. The highest BCUT2D eigenvalue weighted by molar-refractivity contribution is 6.11. The molecule has 0 bridgehead atoms. The predicted octanol–water partition coefficient (Wildman–Crippen LogP) is 10.1. The first-order valence-corrected chi connectivity index (χ1v) is 14.9. The van der Waals surface area contributed by atoms with Crippen LogP contribution < -0.4 is 0 Å². The van der Waals surface area contributed by atoms with Gasteiger partial charge in [0.2, 0.25) is 0 Å². The zero-order valence-electron chi connectivity index (χ0n) is 24.1. The zero-order valence-corrected chi connectivity index (χ0v) is 24.1. The van der Waals surface area contributed by atoms with Crippen molar-refractivity contribution in [3.8, 4) is 45.6 Å². The molecular weight excluding hydrogens is 552 g/mol. The number of aromatic nitrogens is 4. The number of fused-ring (bicyclic) bond motifs is 5. The minimum Gasteiger partial charge on any atom is -0.456 e. The number of nitrogens with zero attached hydrogens (tertiary/aromatic N) is 4. The fraction of sp³-hybridized carbons (Fsp3) is 0. The summed E-state index contributed by atoms with van der Waals surface area (Å²) >= 11 is 0. The Hall–Kier alpha value is -6.20. The molecule has 0 spiro atoms. The average Bonchev–Trinajstić information content (AvgIpc) is 3.49. The Kier molecular flexibility index (Phi) is 5.74. The van der Waals surface area contributed by atoms with E-state index in [1.165, 1.54) is 5.39 Å². The molecule has 0 aliphatic rings. The summed E-state index contributed by atoms with van der Waals surface area (Å²) in [5.74, 6) is 1.66. The van der Waals surface area contributed by atoms with E-state index in [0.29, 0.717) is 23.2 Å². The van der Waals surface area contributed by atoms with Crippen molar-refractivity contribution in [3.05, 3.63) is 146 Å². The van der Waals surface area contributed by atoms with Crippen LogP contribution in [0.2, 0.25) is 0 Å². The van der Waals surface area contributed by atoms with Crippen LogP contribution in [-0.4, -0.2) is 19.9 Å². The molecule has 3 heterocycles. The van der Waals surface area contributed by atoms with Crippen molar-refractivity contribution in [2.75, 3.05) is 0 Å². The minimum atomic E-state index is 0.492. The fourth-order valence-corrected chi connectivity index (χ4v) is 6.06. The largest absolute Gasteiger partial charge is 0.456 e. The molecule has 0 N–H and O–H groups in total. The summed E-state index contributed by atoms with van der Waals surface area (Å²) in [7, 11) is 0. The van der Waals surface area contributed by atoms with Crippen molar-refractivity contribution in [1.82, 2.24) is 19.9 Å². The summed E-state index contributed by atoms with van der Waals surface area (Å²) in [5.41, 5.74) is 5.77. The SMILES string of the molecule is c1ccc(-c2nc(-c3ccc4ccccc4c3)nc(-c3nc(-c4ccc5ccccc5c4)cc4oc5ccccc5c34)n2)cc1. The zero-order chi connectivity index (χ0) is 29.7. The van der Waals surface area contributed by atoms with Gasteiger partial charge in [-0.3, -0.25) is 0 Å². The van der Waals surface area contributed by atoms with E-state index in [-0.39, 0.29) is 0 Å². The van der Waals surface area contributed by atoms with Crippen LogP contribution in [0.4, 0.5) is 0 Å². The number of pyridine rings is 1. The van der Waals surface area contributed by atoms with Gasteiger partial charge >= 0.3 is 0 Å². The quantitative estimate of drug-likeness (QED) is 0.209. The summed E-state index contributed by atoms with van der Waals surface area (Å²) in [6.45, 7) is 0. The number of para-hydroxylation sites is 1. The third kappa shape index (κ3) is 4.41. The summed E-state index contributed by atoms with van der Waals surface area (Å²) in [4.78, 5) is 20.4. The van der Waals surface area contributed by atoms with Gasteiger partial charge < -0.3 is 4.42 Å². The molecule has 0 fully saturated rings. The molecule has 0 aliphatic heterocycles. The third-order valence-electron chi connectivity index (χ3n) is 8.29. The van der Waals surface area contributed by atoms with Crippen molar-refractivity contribution in [2.45, 2.75) is 0 Å². The molecule has 0 amide bonds. The molecule has 9 aromatic rings. The van der Waals surface area contributed by atoms with Crippen LogP contribution in [0.25, 0.3) is 89.0 Å². The van der Waals surface area contributed by atoms with Crippen molar-refractivity contribution < 1.29 is 4.42 Å². The van der Waals surface area contributed by atoms with Crippen LogP contribution in [-0.2, 0) is 0 Å². The Morgan fingerprint density at radius 1 is 0.378 bits per heavy atom. The van der Waals surface area contributed by atoms with Crippen LogP contribution in [0.1, 0.15) is 0 Å². The van der Waals surface area contributed by atoms with Crippen LogP contribution >= 0.6 is 0 Å². The number of furan rings is 1. The standard InChI is InChI=1S/C40H24N4O/c1-2-12-27(13-3-1)38-42-39(31-21-19-26-11-5-7-15-29(26)23-31)44-40(43-38)37-36-32-16-8-9-17-34(32)45-35(36)24-33(41-37)30-20-18-25-10-4-6-14-28(25)22-30/h1-24H. The second kappa shape index (κ2) is 10.2. The van der Waals surface area contributed by atoms with Crippen molar-refractivity contribution in [1.29, 1.82) is 0 Å². The maximum absolute atomic E-state index is 6.43. The Morgan fingerprint density at radius 3 is 1.71 bits per heavy atom. The predicted molar refractivity (Wildman–Crippen MR) is 182 cm³/mol. The van der Waals surface area contributed by atoms with Gasteiger partial charge in [-0.2, -0.15) is 0 Å². The molecule has 0 aliphatic carbocycles. The topological polar surface area (TPSA) is 64.7 Å². The normalized spacial score (nSPS) is 11.6. The van der Waals surface area contributed by atoms with E-state index in [2.05, 4.69) is 78.9 Å². The summed E-state index contributed by atoms with van der Waals surface area (Å²) in [6.07, 6.45) is 0. The van der Waals surface area contributed by atoms with Gasteiger partial charge in [-0.05, 0) is 39.7 Å². The number of hydrogen-bond acceptors (Lipinski definition) is 5. The summed E-state index contributed by atoms with van der Waals surface area (Å²) in [5, 5.41) is 6.45. The van der Waals surface area contributed by atoms with E-state index in [9.17, 15) is 0 Å². The first kappa shape index (κ1) is 25.3. The molecule has 210 valence electrons. The van der Waals surface area contributed by atoms with E-state index >= 15 is 0 Å². The summed E-state index contributed by atoms with van der Waals surface area (Å²) < 4.78 is 6.43. The molecule has 0 atom stereocenters. The Labute approximate surface area is 258 Å². The molecule has 5 heteroatoms. The van der Waals surface area contributed by atoms with Gasteiger partial charge in [0, 0.05) is 28.1 Å². The second-order valence-electron chi connectivity index (χ2n) is 11.1. The molecule has 0 unspecified atom stereocenters. The number of rotatable bonds is 4. The van der Waals surface area contributed by atoms with Crippen LogP contribution in [0.3, 0.4) is 0 Å². The number of hydrogen-bond donors (Lipinski definition) is 0. The van der Waals surface area contributed by atoms with Gasteiger partial charge in [-0.1, -0.05) is 121 Å². The van der Waals surface area contributed by atoms with Gasteiger partial charge in [-0.25, -0.2) is 19.9 Å². The molecule has 0 saturated carbocycles. The maximum Gasteiger partial charge on any atom is 0.183 e. The lowest BCUT2D eigenvalue weighted by molar-refractivity contribution is 0.668. The summed E-state index contributed by atoms with van der Waals surface area (Å²) in [6, 6.07) is 49.4. The van der Waals surface area contributed by atoms with Crippen LogP contribution in [0, 0.1) is 0 Å². The van der Waals surface area contributed by atoms with Crippen molar-refractivity contribution >= 4 is 43.5 Å². The van der Waals surface area contributed by atoms with E-state index in [4.69, 9.17) is 24.4 Å². The highest BCUT2D eigenvalue weighted by Gasteiger charge is 2.21. The Bertz CT molecular complexity index is 2550. The molecule has 3 aromatic heterocycles. The van der Waals surface area contributed by atoms with Gasteiger partial charge in [0.05, 0.1) is 11.1 Å². The van der Waals surface area contributed by atoms with Crippen LogP contribution in [0.5, 0.6) is 0 Å². The lowest BCUT2D eigenvalue weighted by Crippen LogP contribution is -2.02. The molecule has 9 rings (SSSR count). The first-order chi connectivity index (χ1) is 22.3. The van der Waals surface area contributed by atoms with Crippen molar-refractivity contribution in [3.63, 3.8) is 0 Å². The third-order valence-corrected chi connectivity index (χ3v) is 8.29. The van der Waals surface area contributed by atoms with Gasteiger partial charge in [0.25, 0.3) is 0 Å². The van der Waals surface area contributed by atoms with E-state index in [1.54, 1.807) is 0 Å². The highest BCUT2D eigenvalue weighted by Crippen LogP contribution is 2.38. The number of benzene rings is 6. The van der Waals surface area contributed by atoms with Gasteiger partial charge in [0.15, 0.2) is 17.5 Å². The molecule has 6 aromatic carbocycles. The lowest BCUT2D eigenvalue weighted by Gasteiger charge is -2.11. The van der Waals surface area contributed by atoms with Crippen LogP contribution in [0.15, 0.2) is 150 Å². The minimum absolute atomic E-state index is 0.492. The molecule has 5 nitrogen and oxygen atoms in total. The monoisotopic (exact) mass is 576 g/mol. The fourth-order valence-electron chi connectivity index (χ4n) is 6.06. The molecular formula is C40H24N4O. The van der Waals surface area contributed by atoms with E-state index in [0.717, 1.165) is 60.5 Å². The average molecular weight is 577 g/mol. The van der Waals surface area contributed by atoms with E-state index in [1.807, 2.05) is 66.7 Å².